The summed E-state index contributed by atoms with van der Waals surface area (Å²) in [5.41, 5.74) is 0.932. The second-order valence-corrected chi connectivity index (χ2v) is 4.46. The molecule has 1 aromatic carbocycles. The number of nitrogens with zero attached hydrogens (tertiary/aromatic N) is 2. The zero-order valence-corrected chi connectivity index (χ0v) is 12.0. The number of β-amino-alcohol motifs (C(OH)–C–C–N with tert-alkyl or cyclic N) is 1. The fourth-order valence-electron chi connectivity index (χ4n) is 2.04. The van der Waals surface area contributed by atoms with Crippen LogP contribution in [0.2, 0.25) is 0 Å². The van der Waals surface area contributed by atoms with Crippen molar-refractivity contribution in [2.75, 3.05) is 25.1 Å². The Hall–Kier alpha value is -2.85. The Labute approximate surface area is 127 Å². The standard InChI is InChI=1S/C15H15N3O4/c1-2-22-13-4-3-11(7-10(13)9-16)17-12-8-14(20)18(5-6-19)15(12)21/h3-4,7-8,17,19H,2,5-6H2,1H3. The van der Waals surface area contributed by atoms with Crippen molar-refractivity contribution < 1.29 is 19.4 Å². The molecule has 7 heteroatoms. The molecule has 0 fully saturated rings. The number of ether oxygens (including phenoxy) is 1. The Kier molecular flexibility index (Phi) is 4.76. The van der Waals surface area contributed by atoms with Crippen molar-refractivity contribution in [1.82, 2.24) is 4.90 Å². The van der Waals surface area contributed by atoms with E-state index in [9.17, 15) is 9.59 Å². The molecule has 0 unspecified atom stereocenters. The lowest BCUT2D eigenvalue weighted by atomic mass is 10.2. The van der Waals surface area contributed by atoms with Crippen LogP contribution >= 0.6 is 0 Å². The minimum absolute atomic E-state index is 0.0495. The number of hydrogen-bond donors (Lipinski definition) is 2. The second kappa shape index (κ2) is 6.74. The molecule has 0 atom stereocenters. The predicted octanol–water partition coefficient (Wildman–Crippen LogP) is 0.614. The van der Waals surface area contributed by atoms with E-state index in [0.717, 1.165) is 4.90 Å². The molecule has 2 rings (SSSR count). The summed E-state index contributed by atoms with van der Waals surface area (Å²) >= 11 is 0. The van der Waals surface area contributed by atoms with Crippen molar-refractivity contribution in [2.24, 2.45) is 0 Å². The van der Waals surface area contributed by atoms with Gasteiger partial charge in [-0.25, -0.2) is 0 Å². The third-order valence-electron chi connectivity index (χ3n) is 3.01. The fraction of sp³-hybridized carbons (Fsp3) is 0.267. The topological polar surface area (TPSA) is 103 Å². The van der Waals surface area contributed by atoms with Crippen LogP contribution in [-0.2, 0) is 9.59 Å². The van der Waals surface area contributed by atoms with Crippen molar-refractivity contribution in [3.63, 3.8) is 0 Å². The van der Waals surface area contributed by atoms with E-state index in [1.807, 2.05) is 13.0 Å². The predicted molar refractivity (Wildman–Crippen MR) is 77.8 cm³/mol. The normalized spacial score (nSPS) is 13.9. The first-order valence-electron chi connectivity index (χ1n) is 6.73. The highest BCUT2D eigenvalue weighted by molar-refractivity contribution is 6.17. The summed E-state index contributed by atoms with van der Waals surface area (Å²) in [6, 6.07) is 6.83. The second-order valence-electron chi connectivity index (χ2n) is 4.46. The van der Waals surface area contributed by atoms with E-state index in [-0.39, 0.29) is 18.8 Å². The molecular formula is C15H15N3O4. The van der Waals surface area contributed by atoms with Crippen LogP contribution in [-0.4, -0.2) is 41.6 Å². The molecule has 0 spiro atoms. The number of nitrogens with one attached hydrogen (secondary N) is 1. The summed E-state index contributed by atoms with van der Waals surface area (Å²) in [7, 11) is 0. The van der Waals surface area contributed by atoms with Gasteiger partial charge in [0, 0.05) is 11.8 Å². The highest BCUT2D eigenvalue weighted by atomic mass is 16.5. The van der Waals surface area contributed by atoms with Gasteiger partial charge in [0.25, 0.3) is 11.8 Å². The molecule has 0 aliphatic carbocycles. The molecule has 1 heterocycles. The van der Waals surface area contributed by atoms with Gasteiger partial charge in [-0.3, -0.25) is 14.5 Å². The van der Waals surface area contributed by atoms with E-state index in [0.29, 0.717) is 23.6 Å². The van der Waals surface area contributed by atoms with Crippen LogP contribution in [0.1, 0.15) is 12.5 Å². The van der Waals surface area contributed by atoms with Crippen LogP contribution in [0, 0.1) is 11.3 Å². The van der Waals surface area contributed by atoms with Crippen LogP contribution in [0.15, 0.2) is 30.0 Å². The lowest BCUT2D eigenvalue weighted by Gasteiger charge is -2.14. The van der Waals surface area contributed by atoms with Crippen LogP contribution in [0.3, 0.4) is 0 Å². The van der Waals surface area contributed by atoms with E-state index < -0.39 is 11.8 Å². The van der Waals surface area contributed by atoms with E-state index in [1.54, 1.807) is 12.1 Å². The molecule has 0 radical (unpaired) electrons. The lowest BCUT2D eigenvalue weighted by Crippen LogP contribution is -2.34. The Morgan fingerprint density at radius 1 is 1.41 bits per heavy atom. The van der Waals surface area contributed by atoms with E-state index in [4.69, 9.17) is 15.1 Å². The molecule has 1 aliphatic rings. The minimum Gasteiger partial charge on any atom is -0.492 e. The SMILES string of the molecule is CCOc1ccc(NC2=CC(=O)N(CCO)C2=O)cc1C#N. The van der Waals surface area contributed by atoms with Gasteiger partial charge >= 0.3 is 0 Å². The average Bonchev–Trinajstić information content (AvgIpc) is 2.77. The number of rotatable bonds is 6. The van der Waals surface area contributed by atoms with Gasteiger partial charge in [0.2, 0.25) is 0 Å². The third kappa shape index (κ3) is 3.07. The smallest absolute Gasteiger partial charge is 0.277 e. The van der Waals surface area contributed by atoms with Gasteiger partial charge in [0.15, 0.2) is 0 Å². The van der Waals surface area contributed by atoms with Crippen molar-refractivity contribution in [2.45, 2.75) is 6.92 Å². The van der Waals surface area contributed by atoms with Gasteiger partial charge in [-0.1, -0.05) is 0 Å². The average molecular weight is 301 g/mol. The minimum atomic E-state index is -0.508. The van der Waals surface area contributed by atoms with Crippen LogP contribution in [0.25, 0.3) is 0 Å². The van der Waals surface area contributed by atoms with E-state index in [1.165, 1.54) is 12.1 Å². The Morgan fingerprint density at radius 2 is 2.18 bits per heavy atom. The number of anilines is 1. The molecule has 22 heavy (non-hydrogen) atoms. The first-order chi connectivity index (χ1) is 10.6. The molecule has 114 valence electrons. The number of amides is 2. The number of imide groups is 1. The zero-order valence-electron chi connectivity index (χ0n) is 12.0. The number of carbonyl (C=O) groups is 2. The number of benzene rings is 1. The van der Waals surface area contributed by atoms with Crippen molar-refractivity contribution in [1.29, 1.82) is 5.26 Å². The Bertz CT molecular complexity index is 676. The Morgan fingerprint density at radius 3 is 2.82 bits per heavy atom. The number of aliphatic hydroxyl groups excluding tert-OH is 1. The molecule has 2 N–H and O–H groups in total. The molecule has 1 aliphatic heterocycles. The molecule has 0 saturated heterocycles. The zero-order chi connectivity index (χ0) is 16.1. The van der Waals surface area contributed by atoms with Gasteiger partial charge in [-0.15, -0.1) is 0 Å². The van der Waals surface area contributed by atoms with Gasteiger partial charge < -0.3 is 15.2 Å². The number of hydrogen-bond acceptors (Lipinski definition) is 6. The number of carbonyl (C=O) groups excluding carboxylic acids is 2. The van der Waals surface area contributed by atoms with E-state index >= 15 is 0 Å². The Balaban J connectivity index is 2.18. The number of nitriles is 1. The first-order valence-corrected chi connectivity index (χ1v) is 6.73. The van der Waals surface area contributed by atoms with Crippen LogP contribution in [0.4, 0.5) is 5.69 Å². The van der Waals surface area contributed by atoms with Gasteiger partial charge in [0.05, 0.1) is 25.3 Å². The molecule has 0 aromatic heterocycles. The molecule has 1 aromatic rings. The summed E-state index contributed by atoms with van der Waals surface area (Å²) in [5, 5.41) is 20.8. The maximum Gasteiger partial charge on any atom is 0.277 e. The van der Waals surface area contributed by atoms with Gasteiger partial charge in [-0.05, 0) is 25.1 Å². The first kappa shape index (κ1) is 15.5. The lowest BCUT2D eigenvalue weighted by molar-refractivity contribution is -0.137. The molecule has 7 nitrogen and oxygen atoms in total. The van der Waals surface area contributed by atoms with Gasteiger partial charge in [-0.2, -0.15) is 5.26 Å². The molecule has 0 saturated carbocycles. The van der Waals surface area contributed by atoms with E-state index in [2.05, 4.69) is 5.32 Å². The fourth-order valence-corrected chi connectivity index (χ4v) is 2.04. The summed E-state index contributed by atoms with van der Waals surface area (Å²) in [4.78, 5) is 24.6. The van der Waals surface area contributed by atoms with Crippen molar-refractivity contribution >= 4 is 17.5 Å². The third-order valence-corrected chi connectivity index (χ3v) is 3.01. The summed E-state index contributed by atoms with van der Waals surface area (Å²) in [5.74, 6) is -0.528. The summed E-state index contributed by atoms with van der Waals surface area (Å²) in [6.07, 6.45) is 1.17. The summed E-state index contributed by atoms with van der Waals surface area (Å²) < 4.78 is 5.32. The van der Waals surface area contributed by atoms with Gasteiger partial charge in [0.1, 0.15) is 17.5 Å². The molecule has 2 amide bonds. The quantitative estimate of drug-likeness (QED) is 0.746. The largest absolute Gasteiger partial charge is 0.492 e. The molecule has 0 bridgehead atoms. The molecular weight excluding hydrogens is 286 g/mol. The van der Waals surface area contributed by atoms with Crippen molar-refractivity contribution in [3.05, 3.63) is 35.5 Å². The number of aliphatic hydroxyl groups is 1. The van der Waals surface area contributed by atoms with Crippen molar-refractivity contribution in [3.8, 4) is 11.8 Å². The highest BCUT2D eigenvalue weighted by Gasteiger charge is 2.30. The summed E-state index contributed by atoms with van der Waals surface area (Å²) in [6.45, 7) is 1.92. The highest BCUT2D eigenvalue weighted by Crippen LogP contribution is 2.24. The monoisotopic (exact) mass is 301 g/mol. The maximum absolute atomic E-state index is 12.0. The van der Waals surface area contributed by atoms with Crippen LogP contribution < -0.4 is 10.1 Å². The maximum atomic E-state index is 12.0. The van der Waals surface area contributed by atoms with Crippen LogP contribution in [0.5, 0.6) is 5.75 Å².